The molecule has 0 saturated heterocycles. The van der Waals surface area contributed by atoms with Crippen LogP contribution in [0.2, 0.25) is 0 Å². The van der Waals surface area contributed by atoms with E-state index in [0.29, 0.717) is 42.4 Å². The van der Waals surface area contributed by atoms with Crippen molar-refractivity contribution in [2.24, 2.45) is 0 Å². The SMILES string of the molecule is CCCCOCc1cc(C(=O)Nc2ccc(C(=O)OCC)cc2)ccc1OC. The van der Waals surface area contributed by atoms with E-state index in [4.69, 9.17) is 14.2 Å². The topological polar surface area (TPSA) is 73.9 Å². The lowest BCUT2D eigenvalue weighted by Gasteiger charge is -2.12. The predicted octanol–water partition coefficient (Wildman–Crippen LogP) is 4.44. The molecule has 0 aliphatic rings. The summed E-state index contributed by atoms with van der Waals surface area (Å²) in [6.07, 6.45) is 2.05. The maximum absolute atomic E-state index is 12.6. The first-order chi connectivity index (χ1) is 13.6. The maximum atomic E-state index is 12.6. The van der Waals surface area contributed by atoms with E-state index >= 15 is 0 Å². The Hall–Kier alpha value is -2.86. The summed E-state index contributed by atoms with van der Waals surface area (Å²) in [4.78, 5) is 24.3. The van der Waals surface area contributed by atoms with E-state index in [2.05, 4.69) is 12.2 Å². The van der Waals surface area contributed by atoms with Crippen LogP contribution in [0.25, 0.3) is 0 Å². The Kier molecular flexibility index (Phi) is 8.49. The standard InChI is InChI=1S/C22H27NO5/c1-4-6-13-27-15-18-14-17(9-12-20(18)26-3)21(24)23-19-10-7-16(8-11-19)22(25)28-5-2/h7-12,14H,4-6,13,15H2,1-3H3,(H,23,24). The first-order valence-corrected chi connectivity index (χ1v) is 9.42. The Morgan fingerprint density at radius 3 is 2.36 bits per heavy atom. The minimum atomic E-state index is -0.386. The van der Waals surface area contributed by atoms with E-state index < -0.39 is 0 Å². The summed E-state index contributed by atoms with van der Waals surface area (Å²) in [5.74, 6) is 0.0522. The van der Waals surface area contributed by atoms with Crippen LogP contribution in [0.5, 0.6) is 5.75 Å². The smallest absolute Gasteiger partial charge is 0.338 e. The van der Waals surface area contributed by atoms with Crippen molar-refractivity contribution in [3.63, 3.8) is 0 Å². The number of hydrogen-bond donors (Lipinski definition) is 1. The van der Waals surface area contributed by atoms with Crippen molar-refractivity contribution >= 4 is 17.6 Å². The summed E-state index contributed by atoms with van der Waals surface area (Å²) in [5, 5.41) is 2.82. The first kappa shape index (κ1) is 21.4. The molecule has 0 unspecified atom stereocenters. The summed E-state index contributed by atoms with van der Waals surface area (Å²) < 4.78 is 16.0. The number of ether oxygens (including phenoxy) is 3. The van der Waals surface area contributed by atoms with Crippen LogP contribution in [0.3, 0.4) is 0 Å². The molecule has 0 spiro atoms. The molecule has 2 rings (SSSR count). The molecule has 2 aromatic rings. The number of unbranched alkanes of at least 4 members (excludes halogenated alkanes) is 1. The predicted molar refractivity (Wildman–Crippen MR) is 108 cm³/mol. The third-order valence-corrected chi connectivity index (χ3v) is 4.10. The van der Waals surface area contributed by atoms with Gasteiger partial charge in [0.1, 0.15) is 5.75 Å². The molecule has 6 heteroatoms. The van der Waals surface area contributed by atoms with Gasteiger partial charge in [0.25, 0.3) is 5.91 Å². The van der Waals surface area contributed by atoms with Gasteiger partial charge >= 0.3 is 5.97 Å². The largest absolute Gasteiger partial charge is 0.496 e. The average molecular weight is 385 g/mol. The summed E-state index contributed by atoms with van der Waals surface area (Å²) >= 11 is 0. The molecule has 150 valence electrons. The van der Waals surface area contributed by atoms with Gasteiger partial charge in [-0.05, 0) is 55.8 Å². The number of rotatable bonds is 10. The number of esters is 1. The molecule has 6 nitrogen and oxygen atoms in total. The van der Waals surface area contributed by atoms with Gasteiger partial charge in [-0.2, -0.15) is 0 Å². The van der Waals surface area contributed by atoms with Crippen LogP contribution in [0.4, 0.5) is 5.69 Å². The zero-order chi connectivity index (χ0) is 20.4. The Labute approximate surface area is 165 Å². The van der Waals surface area contributed by atoms with Crippen LogP contribution in [-0.2, 0) is 16.1 Å². The maximum Gasteiger partial charge on any atom is 0.338 e. The van der Waals surface area contributed by atoms with Gasteiger partial charge in [0.15, 0.2) is 0 Å². The fraction of sp³-hybridized carbons (Fsp3) is 0.364. The Bertz CT molecular complexity index is 786. The first-order valence-electron chi connectivity index (χ1n) is 9.42. The van der Waals surface area contributed by atoms with Gasteiger partial charge in [-0.3, -0.25) is 4.79 Å². The number of anilines is 1. The van der Waals surface area contributed by atoms with Crippen LogP contribution < -0.4 is 10.1 Å². The highest BCUT2D eigenvalue weighted by molar-refractivity contribution is 6.04. The number of hydrogen-bond acceptors (Lipinski definition) is 5. The molecule has 0 aliphatic carbocycles. The van der Waals surface area contributed by atoms with Crippen molar-refractivity contribution in [1.82, 2.24) is 0 Å². The minimum Gasteiger partial charge on any atom is -0.496 e. The molecule has 28 heavy (non-hydrogen) atoms. The molecule has 1 amide bonds. The molecule has 0 aliphatic heterocycles. The van der Waals surface area contributed by atoms with E-state index in [0.717, 1.165) is 18.4 Å². The molecule has 0 atom stereocenters. The second-order valence-electron chi connectivity index (χ2n) is 6.18. The zero-order valence-corrected chi connectivity index (χ0v) is 16.6. The van der Waals surface area contributed by atoms with Crippen molar-refractivity contribution in [2.75, 3.05) is 25.6 Å². The van der Waals surface area contributed by atoms with E-state index in [1.54, 1.807) is 56.5 Å². The fourth-order valence-electron chi connectivity index (χ4n) is 2.57. The normalized spacial score (nSPS) is 10.4. The van der Waals surface area contributed by atoms with Crippen molar-refractivity contribution in [3.05, 3.63) is 59.2 Å². The van der Waals surface area contributed by atoms with Crippen LogP contribution in [0, 0.1) is 0 Å². The number of nitrogens with one attached hydrogen (secondary N) is 1. The Balaban J connectivity index is 2.05. The number of carbonyl (C=O) groups excluding carboxylic acids is 2. The van der Waals surface area contributed by atoms with Crippen molar-refractivity contribution < 1.29 is 23.8 Å². The number of carbonyl (C=O) groups is 2. The zero-order valence-electron chi connectivity index (χ0n) is 16.6. The van der Waals surface area contributed by atoms with Gasteiger partial charge in [0.05, 0.1) is 25.9 Å². The molecule has 0 bridgehead atoms. The lowest BCUT2D eigenvalue weighted by Crippen LogP contribution is -2.13. The van der Waals surface area contributed by atoms with E-state index in [1.807, 2.05) is 0 Å². The molecule has 1 N–H and O–H groups in total. The van der Waals surface area contributed by atoms with Crippen LogP contribution in [-0.4, -0.2) is 32.2 Å². The molecule has 2 aromatic carbocycles. The minimum absolute atomic E-state index is 0.249. The summed E-state index contributed by atoms with van der Waals surface area (Å²) in [6.45, 7) is 5.24. The Morgan fingerprint density at radius 2 is 1.71 bits per heavy atom. The third kappa shape index (κ3) is 6.09. The molecular formula is C22H27NO5. The third-order valence-electron chi connectivity index (χ3n) is 4.10. The van der Waals surface area contributed by atoms with E-state index in [9.17, 15) is 9.59 Å². The van der Waals surface area contributed by atoms with Gasteiger partial charge in [0.2, 0.25) is 0 Å². The quantitative estimate of drug-likeness (QED) is 0.483. The monoisotopic (exact) mass is 385 g/mol. The van der Waals surface area contributed by atoms with Gasteiger partial charge in [-0.15, -0.1) is 0 Å². The van der Waals surface area contributed by atoms with Crippen molar-refractivity contribution in [1.29, 1.82) is 0 Å². The molecular weight excluding hydrogens is 358 g/mol. The second-order valence-corrected chi connectivity index (χ2v) is 6.18. The highest BCUT2D eigenvalue weighted by Crippen LogP contribution is 2.22. The second kappa shape index (κ2) is 11.1. The number of methoxy groups -OCH3 is 1. The lowest BCUT2D eigenvalue weighted by atomic mass is 10.1. The molecule has 0 radical (unpaired) electrons. The molecule has 0 fully saturated rings. The highest BCUT2D eigenvalue weighted by atomic mass is 16.5. The Morgan fingerprint density at radius 1 is 1.00 bits per heavy atom. The van der Waals surface area contributed by atoms with E-state index in [-0.39, 0.29) is 11.9 Å². The van der Waals surface area contributed by atoms with Gasteiger partial charge in [0, 0.05) is 23.4 Å². The van der Waals surface area contributed by atoms with Crippen LogP contribution in [0.1, 0.15) is 53.0 Å². The molecule has 0 saturated carbocycles. The number of benzene rings is 2. The summed E-state index contributed by atoms with van der Waals surface area (Å²) in [6, 6.07) is 11.8. The van der Waals surface area contributed by atoms with Crippen LogP contribution in [0.15, 0.2) is 42.5 Å². The molecule has 0 heterocycles. The van der Waals surface area contributed by atoms with Gasteiger partial charge in [-0.25, -0.2) is 4.79 Å². The van der Waals surface area contributed by atoms with E-state index in [1.165, 1.54) is 0 Å². The fourth-order valence-corrected chi connectivity index (χ4v) is 2.57. The van der Waals surface area contributed by atoms with Crippen molar-refractivity contribution in [2.45, 2.75) is 33.3 Å². The lowest BCUT2D eigenvalue weighted by molar-refractivity contribution is 0.0526. The van der Waals surface area contributed by atoms with Crippen LogP contribution >= 0.6 is 0 Å². The summed E-state index contributed by atoms with van der Waals surface area (Å²) in [7, 11) is 1.59. The van der Waals surface area contributed by atoms with Gasteiger partial charge < -0.3 is 19.5 Å². The number of amides is 1. The van der Waals surface area contributed by atoms with Crippen molar-refractivity contribution in [3.8, 4) is 5.75 Å². The molecule has 0 aromatic heterocycles. The summed E-state index contributed by atoms with van der Waals surface area (Å²) in [5.41, 5.74) is 2.36. The van der Waals surface area contributed by atoms with Gasteiger partial charge in [-0.1, -0.05) is 13.3 Å². The highest BCUT2D eigenvalue weighted by Gasteiger charge is 2.12. The average Bonchev–Trinajstić information content (AvgIpc) is 2.71.